The van der Waals surface area contributed by atoms with Gasteiger partial charge in [0.05, 0.1) is 18.5 Å². The Balaban J connectivity index is 1.98. The SMILES string of the molecule is CC(CN(C)CC1OCCc2ccccc21)C(=N)N. The first-order valence-corrected chi connectivity index (χ1v) is 6.79. The van der Waals surface area contributed by atoms with E-state index < -0.39 is 0 Å². The molecule has 0 bridgehead atoms. The summed E-state index contributed by atoms with van der Waals surface area (Å²) < 4.78 is 5.89. The van der Waals surface area contributed by atoms with Crippen LogP contribution >= 0.6 is 0 Å². The highest BCUT2D eigenvalue weighted by Gasteiger charge is 2.22. The summed E-state index contributed by atoms with van der Waals surface area (Å²) in [7, 11) is 2.06. The monoisotopic (exact) mass is 261 g/mol. The van der Waals surface area contributed by atoms with E-state index in [2.05, 4.69) is 36.2 Å². The van der Waals surface area contributed by atoms with Crippen LogP contribution in [0, 0.1) is 11.3 Å². The highest BCUT2D eigenvalue weighted by molar-refractivity contribution is 5.79. The Labute approximate surface area is 115 Å². The fraction of sp³-hybridized carbons (Fsp3) is 0.533. The highest BCUT2D eigenvalue weighted by atomic mass is 16.5. The molecule has 1 aromatic carbocycles. The van der Waals surface area contributed by atoms with E-state index in [-0.39, 0.29) is 17.9 Å². The van der Waals surface area contributed by atoms with Crippen molar-refractivity contribution in [1.29, 1.82) is 5.41 Å². The van der Waals surface area contributed by atoms with Crippen LogP contribution in [0.3, 0.4) is 0 Å². The maximum Gasteiger partial charge on any atom is 0.0954 e. The van der Waals surface area contributed by atoms with E-state index in [0.29, 0.717) is 0 Å². The third-order valence-electron chi connectivity index (χ3n) is 3.69. The van der Waals surface area contributed by atoms with Gasteiger partial charge in [0.15, 0.2) is 0 Å². The number of fused-ring (bicyclic) bond motifs is 1. The minimum atomic E-state index is 0.0869. The van der Waals surface area contributed by atoms with Crippen molar-refractivity contribution < 1.29 is 4.74 Å². The standard InChI is InChI=1S/C15H23N3O/c1-11(15(16)17)9-18(2)10-14-13-6-4-3-5-12(13)7-8-19-14/h3-6,11,14H,7-10H2,1-2H3,(H3,16,17). The van der Waals surface area contributed by atoms with E-state index in [1.165, 1.54) is 11.1 Å². The van der Waals surface area contributed by atoms with Crippen molar-refractivity contribution in [2.75, 3.05) is 26.7 Å². The molecule has 1 heterocycles. The van der Waals surface area contributed by atoms with E-state index >= 15 is 0 Å². The zero-order chi connectivity index (χ0) is 13.8. The molecule has 0 saturated carbocycles. The van der Waals surface area contributed by atoms with Crippen molar-refractivity contribution >= 4 is 5.84 Å². The van der Waals surface area contributed by atoms with Gasteiger partial charge in [0.25, 0.3) is 0 Å². The Morgan fingerprint density at radius 3 is 3.00 bits per heavy atom. The first-order valence-electron chi connectivity index (χ1n) is 6.79. The number of hydrogen-bond donors (Lipinski definition) is 2. The molecule has 104 valence electrons. The molecule has 0 radical (unpaired) electrons. The number of ether oxygens (including phenoxy) is 1. The predicted octanol–water partition coefficient (Wildman–Crippen LogP) is 1.80. The number of hydrogen-bond acceptors (Lipinski definition) is 3. The number of benzene rings is 1. The van der Waals surface area contributed by atoms with Gasteiger partial charge in [0.1, 0.15) is 0 Å². The third kappa shape index (κ3) is 3.55. The summed E-state index contributed by atoms with van der Waals surface area (Å²) in [6.07, 6.45) is 1.13. The zero-order valence-corrected chi connectivity index (χ0v) is 11.7. The average Bonchev–Trinajstić information content (AvgIpc) is 2.39. The Hall–Kier alpha value is -1.39. The zero-order valence-electron chi connectivity index (χ0n) is 11.7. The van der Waals surface area contributed by atoms with Crippen molar-refractivity contribution in [3.05, 3.63) is 35.4 Å². The molecule has 0 amide bonds. The first kappa shape index (κ1) is 14.0. The van der Waals surface area contributed by atoms with Crippen molar-refractivity contribution in [3.8, 4) is 0 Å². The Kier molecular flexibility index (Phi) is 4.56. The van der Waals surface area contributed by atoms with Gasteiger partial charge in [-0.25, -0.2) is 0 Å². The van der Waals surface area contributed by atoms with Crippen LogP contribution in [0.2, 0.25) is 0 Å². The van der Waals surface area contributed by atoms with Gasteiger partial charge < -0.3 is 15.4 Å². The molecule has 0 aromatic heterocycles. The maximum atomic E-state index is 7.45. The molecule has 2 unspecified atom stereocenters. The van der Waals surface area contributed by atoms with E-state index in [0.717, 1.165) is 26.1 Å². The van der Waals surface area contributed by atoms with Gasteiger partial charge in [0.2, 0.25) is 0 Å². The molecule has 4 nitrogen and oxygen atoms in total. The molecule has 19 heavy (non-hydrogen) atoms. The summed E-state index contributed by atoms with van der Waals surface area (Å²) in [6.45, 7) is 4.40. The lowest BCUT2D eigenvalue weighted by atomic mass is 9.97. The van der Waals surface area contributed by atoms with Crippen molar-refractivity contribution in [3.63, 3.8) is 0 Å². The fourth-order valence-corrected chi connectivity index (χ4v) is 2.55. The third-order valence-corrected chi connectivity index (χ3v) is 3.69. The summed E-state index contributed by atoms with van der Waals surface area (Å²) in [5.74, 6) is 0.334. The molecule has 4 heteroatoms. The molecule has 0 saturated heterocycles. The average molecular weight is 261 g/mol. The fourth-order valence-electron chi connectivity index (χ4n) is 2.55. The van der Waals surface area contributed by atoms with E-state index in [9.17, 15) is 0 Å². The molecule has 1 aliphatic rings. The van der Waals surface area contributed by atoms with Crippen LogP contribution in [0.4, 0.5) is 0 Å². The molecular formula is C15H23N3O. The van der Waals surface area contributed by atoms with Gasteiger partial charge in [-0.1, -0.05) is 31.2 Å². The second kappa shape index (κ2) is 6.17. The normalized spacial score (nSPS) is 20.1. The summed E-state index contributed by atoms with van der Waals surface area (Å²) in [4.78, 5) is 2.19. The van der Waals surface area contributed by atoms with Crippen molar-refractivity contribution in [2.24, 2.45) is 11.7 Å². The van der Waals surface area contributed by atoms with Gasteiger partial charge in [-0.15, -0.1) is 0 Å². The Bertz CT molecular complexity index is 447. The lowest BCUT2D eigenvalue weighted by Gasteiger charge is -2.30. The molecule has 0 aliphatic carbocycles. The highest BCUT2D eigenvalue weighted by Crippen LogP contribution is 2.27. The lowest BCUT2D eigenvalue weighted by Crippen LogP contribution is -2.35. The molecule has 1 aromatic rings. The molecule has 2 rings (SSSR count). The second-order valence-electron chi connectivity index (χ2n) is 5.39. The Morgan fingerprint density at radius 1 is 1.53 bits per heavy atom. The molecule has 0 fully saturated rings. The quantitative estimate of drug-likeness (QED) is 0.627. The predicted molar refractivity (Wildman–Crippen MR) is 77.4 cm³/mol. The van der Waals surface area contributed by atoms with Crippen LogP contribution in [0.15, 0.2) is 24.3 Å². The number of nitrogens with one attached hydrogen (secondary N) is 1. The molecule has 2 atom stereocenters. The number of nitrogens with zero attached hydrogens (tertiary/aromatic N) is 1. The summed E-state index contributed by atoms with van der Waals surface area (Å²) in [6, 6.07) is 8.49. The van der Waals surface area contributed by atoms with Crippen LogP contribution in [-0.2, 0) is 11.2 Å². The van der Waals surface area contributed by atoms with Crippen molar-refractivity contribution in [1.82, 2.24) is 4.90 Å². The number of rotatable bonds is 5. The number of likely N-dealkylation sites (N-methyl/N-ethyl adjacent to an activating group) is 1. The van der Waals surface area contributed by atoms with Crippen LogP contribution < -0.4 is 5.73 Å². The summed E-state index contributed by atoms with van der Waals surface area (Å²) in [5.41, 5.74) is 8.22. The van der Waals surface area contributed by atoms with Crippen LogP contribution in [0.1, 0.15) is 24.2 Å². The first-order chi connectivity index (χ1) is 9.08. The Morgan fingerprint density at radius 2 is 2.26 bits per heavy atom. The van der Waals surface area contributed by atoms with Crippen molar-refractivity contribution in [2.45, 2.75) is 19.4 Å². The van der Waals surface area contributed by atoms with E-state index in [1.54, 1.807) is 0 Å². The van der Waals surface area contributed by atoms with Crippen LogP contribution in [0.25, 0.3) is 0 Å². The van der Waals surface area contributed by atoms with Gasteiger partial charge in [-0.05, 0) is 24.6 Å². The van der Waals surface area contributed by atoms with E-state index in [4.69, 9.17) is 15.9 Å². The second-order valence-corrected chi connectivity index (χ2v) is 5.39. The minimum Gasteiger partial charge on any atom is -0.387 e. The van der Waals surface area contributed by atoms with Crippen LogP contribution in [-0.4, -0.2) is 37.5 Å². The maximum absolute atomic E-state index is 7.45. The summed E-state index contributed by atoms with van der Waals surface area (Å²) in [5, 5.41) is 7.45. The molecule has 1 aliphatic heterocycles. The van der Waals surface area contributed by atoms with Gasteiger partial charge in [-0.2, -0.15) is 0 Å². The van der Waals surface area contributed by atoms with Gasteiger partial charge in [0, 0.05) is 19.0 Å². The smallest absolute Gasteiger partial charge is 0.0954 e. The number of nitrogens with two attached hydrogens (primary N) is 1. The molecular weight excluding hydrogens is 238 g/mol. The van der Waals surface area contributed by atoms with Gasteiger partial charge in [-0.3, -0.25) is 5.41 Å². The summed E-state index contributed by atoms with van der Waals surface area (Å²) >= 11 is 0. The van der Waals surface area contributed by atoms with Crippen LogP contribution in [0.5, 0.6) is 0 Å². The van der Waals surface area contributed by atoms with Gasteiger partial charge >= 0.3 is 0 Å². The number of amidine groups is 1. The minimum absolute atomic E-state index is 0.0869. The van der Waals surface area contributed by atoms with E-state index in [1.807, 2.05) is 6.92 Å². The molecule has 0 spiro atoms. The largest absolute Gasteiger partial charge is 0.387 e. The molecule has 3 N–H and O–H groups in total. The lowest BCUT2D eigenvalue weighted by molar-refractivity contribution is 0.0201. The topological polar surface area (TPSA) is 62.3 Å².